The van der Waals surface area contributed by atoms with Crippen LogP contribution >= 0.6 is 0 Å². The summed E-state index contributed by atoms with van der Waals surface area (Å²) in [6.07, 6.45) is 1.50. The van der Waals surface area contributed by atoms with Gasteiger partial charge in [-0.15, -0.1) is 0 Å². The highest BCUT2D eigenvalue weighted by atomic mass is 16.5. The molecule has 2 saturated heterocycles. The second kappa shape index (κ2) is 8.79. The van der Waals surface area contributed by atoms with Crippen LogP contribution in [0.3, 0.4) is 0 Å². The lowest BCUT2D eigenvalue weighted by Gasteiger charge is -2.41. The fourth-order valence-electron chi connectivity index (χ4n) is 4.05. The van der Waals surface area contributed by atoms with Gasteiger partial charge < -0.3 is 19.1 Å². The molecule has 0 aliphatic carbocycles. The number of aromatic nitrogens is 2. The highest BCUT2D eigenvalue weighted by Crippen LogP contribution is 2.27. The van der Waals surface area contributed by atoms with Crippen molar-refractivity contribution in [2.24, 2.45) is 0 Å². The first kappa shape index (κ1) is 20.3. The molecule has 0 radical (unpaired) electrons. The third-order valence-corrected chi connectivity index (χ3v) is 5.90. The summed E-state index contributed by atoms with van der Waals surface area (Å²) in [7, 11) is 1.66. The lowest BCUT2D eigenvalue weighted by Crippen LogP contribution is -2.52. The topological polar surface area (TPSA) is 84.1 Å². The molecule has 2 aliphatic rings. The number of piperidine rings is 1. The number of nitrogens with zero attached hydrogens (tertiary/aromatic N) is 4. The third kappa shape index (κ3) is 4.95. The molecule has 2 aromatic rings. The lowest BCUT2D eigenvalue weighted by molar-refractivity contribution is -0.0657. The van der Waals surface area contributed by atoms with Crippen molar-refractivity contribution in [2.45, 2.75) is 31.9 Å². The van der Waals surface area contributed by atoms with Crippen LogP contribution < -0.4 is 4.74 Å². The Hall–Kier alpha value is -2.00. The maximum Gasteiger partial charge on any atom is 0.241 e. The minimum atomic E-state index is -0.619. The zero-order chi connectivity index (χ0) is 20.3. The highest BCUT2D eigenvalue weighted by molar-refractivity contribution is 5.58. The molecule has 0 bridgehead atoms. The van der Waals surface area contributed by atoms with Gasteiger partial charge in [0.05, 0.1) is 32.5 Å². The first-order chi connectivity index (χ1) is 14.0. The summed E-state index contributed by atoms with van der Waals surface area (Å²) in [5.74, 6) is 1.97. The van der Waals surface area contributed by atoms with E-state index in [0.717, 1.165) is 75.7 Å². The molecule has 0 amide bonds. The molecule has 1 N–H and O–H groups in total. The predicted octanol–water partition coefficient (Wildman–Crippen LogP) is 1.71. The average Bonchev–Trinajstić information content (AvgIpc) is 3.19. The number of ether oxygens (including phenoxy) is 2. The monoisotopic (exact) mass is 402 g/mol. The number of hydrogen-bond acceptors (Lipinski definition) is 8. The van der Waals surface area contributed by atoms with Crippen molar-refractivity contribution in [3.63, 3.8) is 0 Å². The number of hydrogen-bond donors (Lipinski definition) is 1. The number of likely N-dealkylation sites (tertiary alicyclic amines) is 1. The van der Waals surface area contributed by atoms with E-state index in [0.29, 0.717) is 18.3 Å². The molecule has 0 unspecified atom stereocenters. The van der Waals surface area contributed by atoms with Crippen molar-refractivity contribution in [2.75, 3.05) is 53.0 Å². The quantitative estimate of drug-likeness (QED) is 0.782. The molecule has 3 heterocycles. The second-order valence-corrected chi connectivity index (χ2v) is 8.09. The first-order valence-corrected chi connectivity index (χ1v) is 10.3. The van der Waals surface area contributed by atoms with Crippen LogP contribution in [0.1, 0.15) is 24.3 Å². The highest BCUT2D eigenvalue weighted by Gasteiger charge is 2.34. The van der Waals surface area contributed by atoms with Gasteiger partial charge in [0.15, 0.2) is 0 Å². The van der Waals surface area contributed by atoms with Crippen LogP contribution in [-0.4, -0.2) is 83.7 Å². The molecule has 2 fully saturated rings. The van der Waals surface area contributed by atoms with Crippen molar-refractivity contribution in [1.29, 1.82) is 0 Å². The van der Waals surface area contributed by atoms with E-state index in [1.807, 2.05) is 25.1 Å². The van der Waals surface area contributed by atoms with Crippen molar-refractivity contribution < 1.29 is 19.1 Å². The number of β-amino-alcohol motifs (C(OH)–C–C–N with tert-alkyl or cyclic N) is 1. The minimum Gasteiger partial charge on any atom is -0.496 e. The second-order valence-electron chi connectivity index (χ2n) is 8.09. The van der Waals surface area contributed by atoms with Crippen LogP contribution in [-0.2, 0) is 11.3 Å². The molecule has 0 atom stereocenters. The summed E-state index contributed by atoms with van der Waals surface area (Å²) in [5, 5.41) is 15.1. The van der Waals surface area contributed by atoms with Gasteiger partial charge in [-0.3, -0.25) is 9.80 Å². The van der Waals surface area contributed by atoms with Gasteiger partial charge in [0.1, 0.15) is 5.75 Å². The first-order valence-electron chi connectivity index (χ1n) is 10.3. The van der Waals surface area contributed by atoms with Gasteiger partial charge in [-0.25, -0.2) is 0 Å². The van der Waals surface area contributed by atoms with Gasteiger partial charge >= 0.3 is 0 Å². The van der Waals surface area contributed by atoms with Crippen LogP contribution in [0.4, 0.5) is 0 Å². The van der Waals surface area contributed by atoms with Gasteiger partial charge in [0, 0.05) is 38.3 Å². The van der Waals surface area contributed by atoms with E-state index in [1.54, 1.807) is 7.11 Å². The van der Waals surface area contributed by atoms with Crippen LogP contribution in [0.15, 0.2) is 22.7 Å². The standard InChI is InChI=1S/C21H30N4O4/c1-16-3-4-17(13-18(16)27-2)20-22-19(29-23-20)14-24-7-5-21(26,6-8-24)15-25-9-11-28-12-10-25/h3-4,13,26H,5-12,14-15H2,1-2H3. The van der Waals surface area contributed by atoms with E-state index in [-0.39, 0.29) is 0 Å². The fourth-order valence-corrected chi connectivity index (χ4v) is 4.05. The Labute approximate surface area is 171 Å². The number of aryl methyl sites for hydroxylation is 1. The molecule has 0 saturated carbocycles. The number of benzene rings is 1. The van der Waals surface area contributed by atoms with Gasteiger partial charge in [0.25, 0.3) is 0 Å². The molecule has 2 aliphatic heterocycles. The Balaban J connectivity index is 1.32. The molecule has 8 nitrogen and oxygen atoms in total. The largest absolute Gasteiger partial charge is 0.496 e. The number of aliphatic hydroxyl groups is 1. The Morgan fingerprint density at radius 2 is 1.90 bits per heavy atom. The molecule has 1 aromatic heterocycles. The van der Waals surface area contributed by atoms with Crippen molar-refractivity contribution in [3.8, 4) is 17.1 Å². The summed E-state index contributed by atoms with van der Waals surface area (Å²) in [4.78, 5) is 9.12. The Morgan fingerprint density at radius 3 is 2.62 bits per heavy atom. The summed E-state index contributed by atoms with van der Waals surface area (Å²) in [6, 6.07) is 5.89. The third-order valence-electron chi connectivity index (χ3n) is 5.90. The average molecular weight is 402 g/mol. The number of rotatable bonds is 6. The van der Waals surface area contributed by atoms with Crippen LogP contribution in [0, 0.1) is 6.92 Å². The van der Waals surface area contributed by atoms with E-state index in [2.05, 4.69) is 19.9 Å². The zero-order valence-electron chi connectivity index (χ0n) is 17.3. The van der Waals surface area contributed by atoms with Crippen LogP contribution in [0.5, 0.6) is 5.75 Å². The van der Waals surface area contributed by atoms with E-state index in [1.165, 1.54) is 0 Å². The summed E-state index contributed by atoms with van der Waals surface area (Å²) < 4.78 is 16.2. The van der Waals surface area contributed by atoms with E-state index in [9.17, 15) is 5.11 Å². The molecule has 158 valence electrons. The van der Waals surface area contributed by atoms with Gasteiger partial charge in [-0.2, -0.15) is 4.98 Å². The fraction of sp³-hybridized carbons (Fsp3) is 0.619. The van der Waals surface area contributed by atoms with E-state index < -0.39 is 5.60 Å². The van der Waals surface area contributed by atoms with Gasteiger partial charge in [-0.1, -0.05) is 17.3 Å². The van der Waals surface area contributed by atoms with E-state index >= 15 is 0 Å². The molecule has 8 heteroatoms. The zero-order valence-corrected chi connectivity index (χ0v) is 17.3. The SMILES string of the molecule is COc1cc(-c2noc(CN3CCC(O)(CN4CCOCC4)CC3)n2)ccc1C. The normalized spacial score (nSPS) is 20.7. The van der Waals surface area contributed by atoms with Crippen molar-refractivity contribution in [1.82, 2.24) is 19.9 Å². The molecule has 29 heavy (non-hydrogen) atoms. The predicted molar refractivity (Wildman–Crippen MR) is 108 cm³/mol. The van der Waals surface area contributed by atoms with Gasteiger partial charge in [0.2, 0.25) is 11.7 Å². The maximum absolute atomic E-state index is 11.0. The summed E-state index contributed by atoms with van der Waals surface area (Å²) in [6.45, 7) is 8.28. The molecular weight excluding hydrogens is 372 g/mol. The van der Waals surface area contributed by atoms with Crippen molar-refractivity contribution >= 4 is 0 Å². The van der Waals surface area contributed by atoms with Crippen LogP contribution in [0.2, 0.25) is 0 Å². The van der Waals surface area contributed by atoms with Crippen LogP contribution in [0.25, 0.3) is 11.4 Å². The number of morpholine rings is 1. The molecule has 0 spiro atoms. The maximum atomic E-state index is 11.0. The molecule has 1 aromatic carbocycles. The molecule has 4 rings (SSSR count). The van der Waals surface area contributed by atoms with E-state index in [4.69, 9.17) is 14.0 Å². The Kier molecular flexibility index (Phi) is 6.15. The Bertz CT molecular complexity index is 811. The Morgan fingerprint density at radius 1 is 1.14 bits per heavy atom. The number of methoxy groups -OCH3 is 1. The lowest BCUT2D eigenvalue weighted by atomic mass is 9.90. The van der Waals surface area contributed by atoms with Crippen molar-refractivity contribution in [3.05, 3.63) is 29.7 Å². The molecular formula is C21H30N4O4. The smallest absolute Gasteiger partial charge is 0.241 e. The summed E-state index contributed by atoms with van der Waals surface area (Å²) in [5.41, 5.74) is 1.32. The minimum absolute atomic E-state index is 0.569. The summed E-state index contributed by atoms with van der Waals surface area (Å²) >= 11 is 0. The van der Waals surface area contributed by atoms with Gasteiger partial charge in [-0.05, 0) is 31.4 Å².